The van der Waals surface area contributed by atoms with Gasteiger partial charge in [-0.05, 0) is 30.7 Å². The fraction of sp³-hybridized carbons (Fsp3) is 0.364. The summed E-state index contributed by atoms with van der Waals surface area (Å²) in [6.45, 7) is 6.77. The second-order valence-corrected chi connectivity index (χ2v) is 7.62. The highest BCUT2D eigenvalue weighted by Crippen LogP contribution is 2.32. The maximum absolute atomic E-state index is 12.5. The number of rotatable bonds is 6. The molecule has 1 aliphatic rings. The van der Waals surface area contributed by atoms with E-state index in [0.717, 1.165) is 30.9 Å². The van der Waals surface area contributed by atoms with Crippen LogP contribution in [0.3, 0.4) is 0 Å². The Labute approximate surface area is 170 Å². The van der Waals surface area contributed by atoms with Crippen LogP contribution in [0.1, 0.15) is 39.3 Å². The molecular formula is C22H25N5O2. The molecular weight excluding hydrogens is 366 g/mol. The minimum atomic E-state index is -0.0651. The first-order valence-corrected chi connectivity index (χ1v) is 9.85. The lowest BCUT2D eigenvalue weighted by molar-refractivity contribution is 0.0945. The van der Waals surface area contributed by atoms with Gasteiger partial charge in [-0.15, -0.1) is 10.2 Å². The van der Waals surface area contributed by atoms with E-state index in [1.165, 1.54) is 0 Å². The Morgan fingerprint density at radius 3 is 2.66 bits per heavy atom. The number of pyridine rings is 1. The summed E-state index contributed by atoms with van der Waals surface area (Å²) < 4.78 is 5.73. The molecule has 7 nitrogen and oxygen atoms in total. The average Bonchev–Trinajstić information content (AvgIpc) is 3.34. The molecule has 3 aromatic rings. The van der Waals surface area contributed by atoms with Crippen molar-refractivity contribution < 1.29 is 9.21 Å². The molecule has 29 heavy (non-hydrogen) atoms. The van der Waals surface area contributed by atoms with Crippen LogP contribution in [-0.2, 0) is 6.54 Å². The molecule has 0 unspecified atom stereocenters. The summed E-state index contributed by atoms with van der Waals surface area (Å²) >= 11 is 0. The third kappa shape index (κ3) is 4.68. The van der Waals surface area contributed by atoms with E-state index in [9.17, 15) is 4.79 Å². The van der Waals surface area contributed by atoms with E-state index in [0.29, 0.717) is 23.9 Å². The number of hydrogen-bond donors (Lipinski definition) is 1. The summed E-state index contributed by atoms with van der Waals surface area (Å²) in [6.07, 6.45) is 1.89. The van der Waals surface area contributed by atoms with Crippen LogP contribution in [0, 0.1) is 19.8 Å². The smallest absolute Gasteiger partial charge is 0.251 e. The van der Waals surface area contributed by atoms with Crippen molar-refractivity contribution in [2.24, 2.45) is 5.92 Å². The van der Waals surface area contributed by atoms with Crippen molar-refractivity contribution in [3.8, 4) is 0 Å². The highest BCUT2D eigenvalue weighted by molar-refractivity contribution is 5.94. The van der Waals surface area contributed by atoms with Crippen LogP contribution in [0.2, 0.25) is 0 Å². The van der Waals surface area contributed by atoms with E-state index in [1.807, 2.05) is 43.5 Å². The van der Waals surface area contributed by atoms with Gasteiger partial charge in [-0.2, -0.15) is 0 Å². The molecule has 2 atom stereocenters. The molecule has 3 heterocycles. The Kier molecular flexibility index (Phi) is 5.67. The quantitative estimate of drug-likeness (QED) is 0.696. The van der Waals surface area contributed by atoms with Crippen molar-refractivity contribution in [1.29, 1.82) is 0 Å². The monoisotopic (exact) mass is 391 g/mol. The zero-order valence-corrected chi connectivity index (χ0v) is 16.7. The van der Waals surface area contributed by atoms with Gasteiger partial charge < -0.3 is 9.73 Å². The van der Waals surface area contributed by atoms with Crippen LogP contribution < -0.4 is 5.32 Å². The van der Waals surface area contributed by atoms with Crippen molar-refractivity contribution in [3.63, 3.8) is 0 Å². The van der Waals surface area contributed by atoms with Gasteiger partial charge in [0.25, 0.3) is 5.91 Å². The highest BCUT2D eigenvalue weighted by Gasteiger charge is 2.37. The van der Waals surface area contributed by atoms with Gasteiger partial charge in [0.1, 0.15) is 0 Å². The van der Waals surface area contributed by atoms with Gasteiger partial charge in [0.2, 0.25) is 11.8 Å². The second-order valence-electron chi connectivity index (χ2n) is 7.62. The number of amides is 1. The zero-order chi connectivity index (χ0) is 20.2. The van der Waals surface area contributed by atoms with E-state index < -0.39 is 0 Å². The molecule has 1 saturated heterocycles. The van der Waals surface area contributed by atoms with E-state index in [4.69, 9.17) is 4.42 Å². The largest absolute Gasteiger partial charge is 0.425 e. The maximum atomic E-state index is 12.5. The Bertz CT molecular complexity index is 955. The Balaban J connectivity index is 1.45. The predicted octanol–water partition coefficient (Wildman–Crippen LogP) is 2.73. The first kappa shape index (κ1) is 19.3. The molecule has 0 saturated carbocycles. The minimum absolute atomic E-state index is 0.0651. The van der Waals surface area contributed by atoms with Crippen LogP contribution in [0.15, 0.2) is 53.1 Å². The van der Waals surface area contributed by atoms with Crippen LogP contribution >= 0.6 is 0 Å². The SMILES string of the molecule is Cc1ccc(CN2C[C@H](CNC(=O)c3ccccc3)[C@@H](c3nnc(C)o3)C2)nc1. The number of aromatic nitrogens is 3. The molecule has 1 N–H and O–H groups in total. The summed E-state index contributed by atoms with van der Waals surface area (Å²) in [5.41, 5.74) is 2.84. The second kappa shape index (κ2) is 8.53. The summed E-state index contributed by atoms with van der Waals surface area (Å²) in [4.78, 5) is 19.3. The van der Waals surface area contributed by atoms with Crippen molar-refractivity contribution >= 4 is 5.91 Å². The molecule has 0 aliphatic carbocycles. The number of nitrogens with one attached hydrogen (secondary N) is 1. The molecule has 1 fully saturated rings. The topological polar surface area (TPSA) is 84.2 Å². The third-order valence-electron chi connectivity index (χ3n) is 5.29. The highest BCUT2D eigenvalue weighted by atomic mass is 16.4. The molecule has 1 aliphatic heterocycles. The summed E-state index contributed by atoms with van der Waals surface area (Å²) in [5, 5.41) is 11.3. The van der Waals surface area contributed by atoms with Gasteiger partial charge in [-0.1, -0.05) is 24.3 Å². The summed E-state index contributed by atoms with van der Waals surface area (Å²) in [7, 11) is 0. The van der Waals surface area contributed by atoms with Crippen LogP contribution in [-0.4, -0.2) is 45.6 Å². The van der Waals surface area contributed by atoms with Crippen molar-refractivity contribution in [2.45, 2.75) is 26.3 Å². The summed E-state index contributed by atoms with van der Waals surface area (Å²) in [5.74, 6) is 1.40. The standard InChI is InChI=1S/C22H25N5O2/c1-15-8-9-19(23-10-15)13-27-12-18(20(14-27)22-26-25-16(2)29-22)11-24-21(28)17-6-4-3-5-7-17/h3-10,18,20H,11-14H2,1-2H3,(H,24,28)/t18-,20-/m0/s1. The molecule has 0 bridgehead atoms. The number of aryl methyl sites for hydroxylation is 2. The number of benzene rings is 1. The van der Waals surface area contributed by atoms with Gasteiger partial charge in [-0.3, -0.25) is 14.7 Å². The van der Waals surface area contributed by atoms with E-state index in [-0.39, 0.29) is 17.7 Å². The first-order chi connectivity index (χ1) is 14.1. The Morgan fingerprint density at radius 2 is 1.97 bits per heavy atom. The van der Waals surface area contributed by atoms with Gasteiger partial charge in [0.05, 0.1) is 11.6 Å². The van der Waals surface area contributed by atoms with Gasteiger partial charge in [0, 0.05) is 50.8 Å². The Hall–Kier alpha value is -3.06. The molecule has 2 aromatic heterocycles. The minimum Gasteiger partial charge on any atom is -0.425 e. The normalized spacial score (nSPS) is 19.4. The molecule has 0 radical (unpaired) electrons. The van der Waals surface area contributed by atoms with E-state index >= 15 is 0 Å². The lowest BCUT2D eigenvalue weighted by atomic mass is 9.96. The molecule has 1 amide bonds. The van der Waals surface area contributed by atoms with Crippen molar-refractivity contribution in [2.75, 3.05) is 19.6 Å². The lowest BCUT2D eigenvalue weighted by Gasteiger charge is -2.16. The number of nitrogens with zero attached hydrogens (tertiary/aromatic N) is 4. The average molecular weight is 391 g/mol. The molecule has 4 rings (SSSR count). The van der Waals surface area contributed by atoms with E-state index in [1.54, 1.807) is 6.92 Å². The summed E-state index contributed by atoms with van der Waals surface area (Å²) in [6, 6.07) is 13.4. The number of hydrogen-bond acceptors (Lipinski definition) is 6. The van der Waals surface area contributed by atoms with Crippen LogP contribution in [0.4, 0.5) is 0 Å². The maximum Gasteiger partial charge on any atom is 0.251 e. The van der Waals surface area contributed by atoms with Gasteiger partial charge in [-0.25, -0.2) is 0 Å². The fourth-order valence-corrected chi connectivity index (χ4v) is 3.77. The Morgan fingerprint density at radius 1 is 1.14 bits per heavy atom. The third-order valence-corrected chi connectivity index (χ3v) is 5.29. The fourth-order valence-electron chi connectivity index (χ4n) is 3.77. The van der Waals surface area contributed by atoms with Crippen molar-refractivity contribution in [1.82, 2.24) is 25.4 Å². The number of carbonyl (C=O) groups excluding carboxylic acids is 1. The number of carbonyl (C=O) groups is 1. The van der Waals surface area contributed by atoms with Gasteiger partial charge in [0.15, 0.2) is 0 Å². The van der Waals surface area contributed by atoms with Gasteiger partial charge >= 0.3 is 0 Å². The first-order valence-electron chi connectivity index (χ1n) is 9.85. The zero-order valence-electron chi connectivity index (χ0n) is 16.7. The molecule has 1 aromatic carbocycles. The molecule has 150 valence electrons. The molecule has 7 heteroatoms. The van der Waals surface area contributed by atoms with Crippen LogP contribution in [0.5, 0.6) is 0 Å². The van der Waals surface area contributed by atoms with E-state index in [2.05, 4.69) is 37.5 Å². The molecule has 0 spiro atoms. The van der Waals surface area contributed by atoms with Crippen molar-refractivity contribution in [3.05, 3.63) is 77.3 Å². The predicted molar refractivity (Wildman–Crippen MR) is 108 cm³/mol. The number of likely N-dealkylation sites (tertiary alicyclic amines) is 1. The lowest BCUT2D eigenvalue weighted by Crippen LogP contribution is -2.32. The van der Waals surface area contributed by atoms with Crippen LogP contribution in [0.25, 0.3) is 0 Å².